The van der Waals surface area contributed by atoms with Crippen LogP contribution in [0.15, 0.2) is 55.4 Å². The number of hydrogen-bond acceptors (Lipinski definition) is 10. The van der Waals surface area contributed by atoms with E-state index in [9.17, 15) is 13.6 Å². The summed E-state index contributed by atoms with van der Waals surface area (Å²) in [4.78, 5) is 33.8. The maximum Gasteiger partial charge on any atom is 0.247 e. The average Bonchev–Trinajstić information content (AvgIpc) is 3.50. The number of carbonyl (C=O) groups is 1. The van der Waals surface area contributed by atoms with Crippen molar-refractivity contribution in [3.8, 4) is 5.75 Å². The van der Waals surface area contributed by atoms with Gasteiger partial charge in [-0.25, -0.2) is 23.8 Å². The first-order valence-corrected chi connectivity index (χ1v) is 14.5. The monoisotopic (exact) mass is 608 g/mol. The van der Waals surface area contributed by atoms with E-state index in [1.807, 2.05) is 6.07 Å². The third-order valence-electron chi connectivity index (χ3n) is 7.70. The Hall–Kier alpha value is -4.33. The fraction of sp³-hybridized carbons (Fsp3) is 0.387. The lowest BCUT2D eigenvalue weighted by atomic mass is 10.0. The number of halogens is 2. The summed E-state index contributed by atoms with van der Waals surface area (Å²) in [5, 5.41) is 7.72. The molecule has 5 rings (SSSR count). The maximum absolute atomic E-state index is 14.6. The molecular weight excluding hydrogens is 570 g/mol. The summed E-state index contributed by atoms with van der Waals surface area (Å²) < 4.78 is 33.9. The van der Waals surface area contributed by atoms with Gasteiger partial charge in [0.25, 0.3) is 0 Å². The van der Waals surface area contributed by atoms with Crippen LogP contribution in [0.5, 0.6) is 5.75 Å². The summed E-state index contributed by atoms with van der Waals surface area (Å²) in [6.07, 6.45) is 3.10. The Balaban J connectivity index is 1.39. The van der Waals surface area contributed by atoms with E-state index in [1.54, 1.807) is 19.2 Å². The van der Waals surface area contributed by atoms with Crippen molar-refractivity contribution < 1.29 is 23.1 Å². The Labute approximate surface area is 256 Å². The van der Waals surface area contributed by atoms with Crippen molar-refractivity contribution in [2.45, 2.75) is 12.5 Å². The average molecular weight is 609 g/mol. The van der Waals surface area contributed by atoms with E-state index in [-0.39, 0.29) is 5.91 Å². The summed E-state index contributed by atoms with van der Waals surface area (Å²) in [7, 11) is 5.72. The van der Waals surface area contributed by atoms with Gasteiger partial charge < -0.3 is 25.2 Å². The van der Waals surface area contributed by atoms with Gasteiger partial charge in [-0.15, -0.1) is 0 Å². The summed E-state index contributed by atoms with van der Waals surface area (Å²) in [6.45, 7) is 9.32. The van der Waals surface area contributed by atoms with Gasteiger partial charge in [-0.05, 0) is 32.3 Å². The van der Waals surface area contributed by atoms with Crippen molar-refractivity contribution in [2.24, 2.45) is 0 Å². The highest BCUT2D eigenvalue weighted by Gasteiger charge is 2.31. The zero-order chi connectivity index (χ0) is 31.2. The maximum atomic E-state index is 14.6. The summed E-state index contributed by atoms with van der Waals surface area (Å²) >= 11 is 0. The molecule has 2 aromatic carbocycles. The summed E-state index contributed by atoms with van der Waals surface area (Å²) in [6, 6.07) is 8.40. The first-order chi connectivity index (χ1) is 21.2. The van der Waals surface area contributed by atoms with Crippen molar-refractivity contribution >= 4 is 34.6 Å². The van der Waals surface area contributed by atoms with Crippen LogP contribution < -0.4 is 25.3 Å². The van der Waals surface area contributed by atoms with Crippen LogP contribution in [-0.2, 0) is 9.63 Å². The number of hydroxylamine groups is 1. The molecular formula is C31H38F2N8O3. The van der Waals surface area contributed by atoms with E-state index >= 15 is 0 Å². The molecule has 0 aliphatic carbocycles. The number of rotatable bonds is 11. The Morgan fingerprint density at radius 1 is 1.14 bits per heavy atom. The number of nitrogens with zero attached hydrogens (tertiary/aromatic N) is 6. The van der Waals surface area contributed by atoms with Gasteiger partial charge in [0, 0.05) is 69.5 Å². The summed E-state index contributed by atoms with van der Waals surface area (Å²) in [5.74, 6) is -0.248. The highest BCUT2D eigenvalue weighted by Crippen LogP contribution is 2.40. The number of benzene rings is 2. The predicted octanol–water partition coefficient (Wildman–Crippen LogP) is 4.20. The molecule has 11 nitrogen and oxygen atoms in total. The normalized spacial score (nSPS) is 17.2. The molecule has 44 heavy (non-hydrogen) atoms. The van der Waals surface area contributed by atoms with Crippen LogP contribution in [0, 0.1) is 11.6 Å². The standard InChI is InChI=1S/C31H38F2N8O3/c1-5-31(42)37-24-17-25(28(43-4)18-27(24)40-13-11-39(12-14-40)10-9-38(2)3)36-29-19-30(35-20-34-29)41-26(8-15-44-41)22-7-6-21(32)16-23(22)33/h5-7,16-20,26H,1,8-15H2,2-4H3,(H,37,42)(H,34,35,36)/t26-/m1/s1. The molecule has 3 heterocycles. The molecule has 0 unspecified atom stereocenters. The molecule has 0 bridgehead atoms. The van der Waals surface area contributed by atoms with Crippen LogP contribution in [0.25, 0.3) is 0 Å². The second kappa shape index (κ2) is 14.0. The number of hydrogen-bond donors (Lipinski definition) is 2. The minimum Gasteiger partial charge on any atom is -0.494 e. The number of amides is 1. The van der Waals surface area contributed by atoms with Gasteiger partial charge in [-0.2, -0.15) is 0 Å². The van der Waals surface area contributed by atoms with Gasteiger partial charge in [-0.3, -0.25) is 14.5 Å². The van der Waals surface area contributed by atoms with Crippen LogP contribution in [0.1, 0.15) is 18.0 Å². The fourth-order valence-corrected chi connectivity index (χ4v) is 5.36. The smallest absolute Gasteiger partial charge is 0.247 e. The van der Waals surface area contributed by atoms with Gasteiger partial charge in [0.2, 0.25) is 5.91 Å². The third-order valence-corrected chi connectivity index (χ3v) is 7.70. The molecule has 234 valence electrons. The summed E-state index contributed by atoms with van der Waals surface area (Å²) in [5.41, 5.74) is 2.32. The first kappa shape index (κ1) is 31.1. The van der Waals surface area contributed by atoms with Crippen LogP contribution in [0.3, 0.4) is 0 Å². The van der Waals surface area contributed by atoms with Crippen LogP contribution in [-0.4, -0.2) is 92.8 Å². The van der Waals surface area contributed by atoms with Gasteiger partial charge in [0.15, 0.2) is 5.82 Å². The molecule has 1 amide bonds. The van der Waals surface area contributed by atoms with Crippen LogP contribution in [0.4, 0.5) is 37.5 Å². The lowest BCUT2D eigenvalue weighted by Gasteiger charge is -2.37. The number of carbonyl (C=O) groups excluding carboxylic acids is 1. The van der Waals surface area contributed by atoms with Gasteiger partial charge in [0.1, 0.15) is 29.5 Å². The van der Waals surface area contributed by atoms with Gasteiger partial charge >= 0.3 is 0 Å². The molecule has 1 atom stereocenters. The van der Waals surface area contributed by atoms with Gasteiger partial charge in [-0.1, -0.05) is 12.6 Å². The highest BCUT2D eigenvalue weighted by atomic mass is 19.1. The number of anilines is 5. The molecule has 2 aliphatic heterocycles. The van der Waals surface area contributed by atoms with E-state index in [0.717, 1.165) is 51.0 Å². The number of likely N-dealkylation sites (N-methyl/N-ethyl adjacent to an activating group) is 1. The van der Waals surface area contributed by atoms with E-state index < -0.39 is 17.7 Å². The van der Waals surface area contributed by atoms with E-state index in [1.165, 1.54) is 29.6 Å². The molecule has 13 heteroatoms. The largest absolute Gasteiger partial charge is 0.494 e. The molecule has 0 radical (unpaired) electrons. The molecule has 3 aromatic rings. The Morgan fingerprint density at radius 2 is 1.93 bits per heavy atom. The first-order valence-electron chi connectivity index (χ1n) is 14.5. The molecule has 0 saturated carbocycles. The van der Waals surface area contributed by atoms with E-state index in [0.29, 0.717) is 47.4 Å². The second-order valence-electron chi connectivity index (χ2n) is 10.9. The minimum atomic E-state index is -0.646. The molecule has 2 aliphatic rings. The number of ether oxygens (including phenoxy) is 1. The zero-order valence-electron chi connectivity index (χ0n) is 25.2. The van der Waals surface area contributed by atoms with E-state index in [4.69, 9.17) is 9.57 Å². The quantitative estimate of drug-likeness (QED) is 0.308. The minimum absolute atomic E-state index is 0.315. The molecule has 2 fully saturated rings. The van der Waals surface area contributed by atoms with Crippen molar-refractivity contribution in [3.05, 3.63) is 72.6 Å². The second-order valence-corrected chi connectivity index (χ2v) is 10.9. The van der Waals surface area contributed by atoms with Gasteiger partial charge in [0.05, 0.1) is 36.8 Å². The zero-order valence-corrected chi connectivity index (χ0v) is 25.2. The van der Waals surface area contributed by atoms with Crippen molar-refractivity contribution in [1.82, 2.24) is 19.8 Å². The SMILES string of the molecule is C=CC(=O)Nc1cc(Nc2cc(N3OCC[C@@H]3c3ccc(F)cc3F)ncn2)c(OC)cc1N1CCN(CCN(C)C)CC1. The van der Waals surface area contributed by atoms with Crippen molar-refractivity contribution in [2.75, 3.05) is 87.7 Å². The van der Waals surface area contributed by atoms with Crippen molar-refractivity contribution in [3.63, 3.8) is 0 Å². The van der Waals surface area contributed by atoms with Crippen molar-refractivity contribution in [1.29, 1.82) is 0 Å². The molecule has 2 saturated heterocycles. The number of piperazine rings is 1. The Morgan fingerprint density at radius 3 is 2.64 bits per heavy atom. The number of nitrogens with one attached hydrogen (secondary N) is 2. The fourth-order valence-electron chi connectivity index (χ4n) is 5.36. The number of methoxy groups -OCH3 is 1. The lowest BCUT2D eigenvalue weighted by molar-refractivity contribution is -0.111. The predicted molar refractivity (Wildman–Crippen MR) is 166 cm³/mol. The highest BCUT2D eigenvalue weighted by molar-refractivity contribution is 6.02. The lowest BCUT2D eigenvalue weighted by Crippen LogP contribution is -2.48. The molecule has 2 N–H and O–H groups in total. The molecule has 0 spiro atoms. The van der Waals surface area contributed by atoms with Crippen LogP contribution in [0.2, 0.25) is 0 Å². The van der Waals surface area contributed by atoms with E-state index in [2.05, 4.69) is 56.0 Å². The topological polar surface area (TPSA) is 98.3 Å². The molecule has 1 aromatic heterocycles. The third kappa shape index (κ3) is 7.24. The Bertz CT molecular complexity index is 1480. The van der Waals surface area contributed by atoms with Crippen LogP contribution >= 0.6 is 0 Å². The Kier molecular flexibility index (Phi) is 9.88. The number of aromatic nitrogens is 2.